The summed E-state index contributed by atoms with van der Waals surface area (Å²) in [6.07, 6.45) is 0.805. The molecule has 0 N–H and O–H groups in total. The largest absolute Gasteiger partial charge is 0.280 e. The molecule has 1 aromatic carbocycles. The van der Waals surface area contributed by atoms with Gasteiger partial charge in [0, 0.05) is 0 Å². The minimum Gasteiger partial charge on any atom is -0.271 e. The smallest absolute Gasteiger partial charge is 0.271 e. The standard InChI is InChI=1S/C11H12FNO2/c1-8-3-4-10(12)9(7-8)11(14)13-5-2-6-15-13/h3-4,7H,2,5-6H2,1H3. The van der Waals surface area contributed by atoms with Crippen LogP contribution in [0.2, 0.25) is 0 Å². The van der Waals surface area contributed by atoms with E-state index >= 15 is 0 Å². The second kappa shape index (κ2) is 3.98. The third-order valence-corrected chi connectivity index (χ3v) is 2.33. The fourth-order valence-corrected chi connectivity index (χ4v) is 1.54. The molecule has 4 heteroatoms. The molecule has 1 saturated heterocycles. The molecule has 0 radical (unpaired) electrons. The molecule has 15 heavy (non-hydrogen) atoms. The molecule has 0 aromatic heterocycles. The highest BCUT2D eigenvalue weighted by Gasteiger charge is 2.23. The van der Waals surface area contributed by atoms with Crippen LogP contribution in [-0.4, -0.2) is 24.1 Å². The van der Waals surface area contributed by atoms with Crippen LogP contribution in [0.4, 0.5) is 4.39 Å². The predicted molar refractivity (Wildman–Crippen MR) is 52.7 cm³/mol. The Balaban J connectivity index is 2.27. The fraction of sp³-hybridized carbons (Fsp3) is 0.364. The number of hydrogen-bond acceptors (Lipinski definition) is 2. The van der Waals surface area contributed by atoms with E-state index < -0.39 is 11.7 Å². The van der Waals surface area contributed by atoms with E-state index in [-0.39, 0.29) is 5.56 Å². The van der Waals surface area contributed by atoms with Crippen LogP contribution in [0.3, 0.4) is 0 Å². The third-order valence-electron chi connectivity index (χ3n) is 2.33. The maximum absolute atomic E-state index is 13.4. The summed E-state index contributed by atoms with van der Waals surface area (Å²) in [4.78, 5) is 16.9. The summed E-state index contributed by atoms with van der Waals surface area (Å²) in [6.45, 7) is 2.88. The highest BCUT2D eigenvalue weighted by atomic mass is 19.1. The lowest BCUT2D eigenvalue weighted by molar-refractivity contribution is -0.0770. The SMILES string of the molecule is Cc1ccc(F)c(C(=O)N2CCCO2)c1. The van der Waals surface area contributed by atoms with Gasteiger partial charge in [-0.2, -0.15) is 0 Å². The molecular weight excluding hydrogens is 197 g/mol. The first kappa shape index (κ1) is 10.1. The van der Waals surface area contributed by atoms with Gasteiger partial charge in [0.25, 0.3) is 5.91 Å². The predicted octanol–water partition coefficient (Wildman–Crippen LogP) is 1.91. The molecule has 0 atom stereocenters. The summed E-state index contributed by atoms with van der Waals surface area (Å²) in [5.41, 5.74) is 0.941. The highest BCUT2D eigenvalue weighted by Crippen LogP contribution is 2.15. The quantitative estimate of drug-likeness (QED) is 0.707. The molecule has 2 rings (SSSR count). The van der Waals surface area contributed by atoms with E-state index in [0.29, 0.717) is 13.2 Å². The van der Waals surface area contributed by atoms with Crippen LogP contribution in [0.1, 0.15) is 22.3 Å². The molecule has 0 aliphatic carbocycles. The number of benzene rings is 1. The number of aryl methyl sites for hydroxylation is 1. The van der Waals surface area contributed by atoms with Gasteiger partial charge in [-0.1, -0.05) is 11.6 Å². The molecule has 1 aliphatic rings. The normalized spacial score (nSPS) is 15.7. The Morgan fingerprint density at radius 1 is 1.53 bits per heavy atom. The summed E-state index contributed by atoms with van der Waals surface area (Å²) < 4.78 is 13.4. The monoisotopic (exact) mass is 209 g/mol. The van der Waals surface area contributed by atoms with Crippen molar-refractivity contribution in [3.05, 3.63) is 35.1 Å². The van der Waals surface area contributed by atoms with E-state index in [1.165, 1.54) is 11.1 Å². The lowest BCUT2D eigenvalue weighted by atomic mass is 10.1. The first-order valence-electron chi connectivity index (χ1n) is 4.89. The van der Waals surface area contributed by atoms with Crippen molar-refractivity contribution in [1.29, 1.82) is 0 Å². The number of amides is 1. The molecule has 1 aliphatic heterocycles. The summed E-state index contributed by atoms with van der Waals surface area (Å²) in [7, 11) is 0. The van der Waals surface area contributed by atoms with Gasteiger partial charge in [-0.25, -0.2) is 9.45 Å². The zero-order valence-corrected chi connectivity index (χ0v) is 8.50. The molecule has 1 heterocycles. The lowest BCUT2D eigenvalue weighted by Gasteiger charge is -2.14. The van der Waals surface area contributed by atoms with Gasteiger partial charge < -0.3 is 0 Å². The van der Waals surface area contributed by atoms with E-state index in [2.05, 4.69) is 0 Å². The minimum absolute atomic E-state index is 0.0805. The Kier molecular flexibility index (Phi) is 2.68. The van der Waals surface area contributed by atoms with Gasteiger partial charge in [-0.3, -0.25) is 9.63 Å². The second-order valence-electron chi connectivity index (χ2n) is 3.58. The zero-order valence-electron chi connectivity index (χ0n) is 8.50. The number of rotatable bonds is 1. The summed E-state index contributed by atoms with van der Waals surface area (Å²) >= 11 is 0. The average molecular weight is 209 g/mol. The van der Waals surface area contributed by atoms with Crippen molar-refractivity contribution in [1.82, 2.24) is 5.06 Å². The van der Waals surface area contributed by atoms with E-state index in [9.17, 15) is 9.18 Å². The van der Waals surface area contributed by atoms with Gasteiger partial charge in [0.2, 0.25) is 0 Å². The topological polar surface area (TPSA) is 29.5 Å². The summed E-state index contributed by atoms with van der Waals surface area (Å²) in [5, 5.41) is 1.22. The second-order valence-corrected chi connectivity index (χ2v) is 3.58. The van der Waals surface area contributed by atoms with Gasteiger partial charge >= 0.3 is 0 Å². The molecule has 1 amide bonds. The van der Waals surface area contributed by atoms with Crippen molar-refractivity contribution < 1.29 is 14.0 Å². The average Bonchev–Trinajstić information content (AvgIpc) is 2.74. The molecular formula is C11H12FNO2. The number of hydrogen-bond donors (Lipinski definition) is 0. The Hall–Kier alpha value is -1.42. The summed E-state index contributed by atoms with van der Waals surface area (Å²) in [5.74, 6) is -0.894. The maximum Gasteiger partial charge on any atom is 0.280 e. The Labute approximate surface area is 87.4 Å². The fourth-order valence-electron chi connectivity index (χ4n) is 1.54. The molecule has 0 saturated carbocycles. The van der Waals surface area contributed by atoms with Crippen molar-refractivity contribution in [3.8, 4) is 0 Å². The van der Waals surface area contributed by atoms with Gasteiger partial charge in [0.05, 0.1) is 18.7 Å². The highest BCUT2D eigenvalue weighted by molar-refractivity contribution is 5.94. The van der Waals surface area contributed by atoms with Crippen LogP contribution >= 0.6 is 0 Å². The molecule has 1 fully saturated rings. The first-order valence-corrected chi connectivity index (χ1v) is 4.89. The van der Waals surface area contributed by atoms with Crippen LogP contribution in [0.25, 0.3) is 0 Å². The molecule has 0 unspecified atom stereocenters. The van der Waals surface area contributed by atoms with E-state index in [4.69, 9.17) is 4.84 Å². The van der Waals surface area contributed by atoms with Gasteiger partial charge in [0.15, 0.2) is 0 Å². The minimum atomic E-state index is -0.499. The van der Waals surface area contributed by atoms with E-state index in [1.54, 1.807) is 12.1 Å². The van der Waals surface area contributed by atoms with Crippen LogP contribution < -0.4 is 0 Å². The van der Waals surface area contributed by atoms with Crippen molar-refractivity contribution in [2.24, 2.45) is 0 Å². The number of carbonyl (C=O) groups excluding carboxylic acids is 1. The van der Waals surface area contributed by atoms with Crippen LogP contribution in [0, 0.1) is 12.7 Å². The van der Waals surface area contributed by atoms with Crippen LogP contribution in [-0.2, 0) is 4.84 Å². The zero-order chi connectivity index (χ0) is 10.8. The Morgan fingerprint density at radius 3 is 3.00 bits per heavy atom. The maximum atomic E-state index is 13.4. The van der Waals surface area contributed by atoms with Crippen LogP contribution in [0.5, 0.6) is 0 Å². The third kappa shape index (κ3) is 1.99. The number of halogens is 1. The van der Waals surface area contributed by atoms with Gasteiger partial charge in [0.1, 0.15) is 5.82 Å². The van der Waals surface area contributed by atoms with E-state index in [0.717, 1.165) is 12.0 Å². The van der Waals surface area contributed by atoms with Gasteiger partial charge in [-0.15, -0.1) is 0 Å². The Bertz CT molecular complexity index is 386. The van der Waals surface area contributed by atoms with Crippen molar-refractivity contribution in [2.75, 3.05) is 13.2 Å². The lowest BCUT2D eigenvalue weighted by Crippen LogP contribution is -2.27. The number of hydroxylamine groups is 2. The van der Waals surface area contributed by atoms with E-state index in [1.807, 2.05) is 6.92 Å². The van der Waals surface area contributed by atoms with Crippen molar-refractivity contribution >= 4 is 5.91 Å². The number of nitrogens with zero attached hydrogens (tertiary/aromatic N) is 1. The Morgan fingerprint density at radius 2 is 2.33 bits per heavy atom. The number of carbonyl (C=O) groups is 1. The first-order chi connectivity index (χ1) is 7.18. The molecule has 0 spiro atoms. The van der Waals surface area contributed by atoms with Crippen LogP contribution in [0.15, 0.2) is 18.2 Å². The van der Waals surface area contributed by atoms with Crippen molar-refractivity contribution in [2.45, 2.75) is 13.3 Å². The molecule has 80 valence electrons. The molecule has 3 nitrogen and oxygen atoms in total. The molecule has 1 aromatic rings. The van der Waals surface area contributed by atoms with Crippen molar-refractivity contribution in [3.63, 3.8) is 0 Å². The summed E-state index contributed by atoms with van der Waals surface area (Å²) in [6, 6.07) is 4.48. The molecule has 0 bridgehead atoms. The van der Waals surface area contributed by atoms with Gasteiger partial charge in [-0.05, 0) is 25.5 Å².